The summed E-state index contributed by atoms with van der Waals surface area (Å²) in [5.41, 5.74) is 1.24. The molecule has 2 aliphatic rings. The van der Waals surface area contributed by atoms with Gasteiger partial charge in [-0.05, 0) is 23.8 Å². The number of rotatable bonds is 6. The molecule has 1 aromatic carbocycles. The summed E-state index contributed by atoms with van der Waals surface area (Å²) < 4.78 is 5.20. The van der Waals surface area contributed by atoms with E-state index in [1.165, 1.54) is 0 Å². The molecule has 2 heterocycles. The van der Waals surface area contributed by atoms with Gasteiger partial charge >= 0.3 is 0 Å². The molecule has 1 unspecified atom stereocenters. The Morgan fingerprint density at radius 3 is 2.64 bits per heavy atom. The van der Waals surface area contributed by atoms with Crippen molar-refractivity contribution in [3.8, 4) is 0 Å². The number of benzene rings is 1. The Kier molecular flexibility index (Phi) is 6.10. The van der Waals surface area contributed by atoms with Crippen molar-refractivity contribution in [1.29, 1.82) is 0 Å². The van der Waals surface area contributed by atoms with Gasteiger partial charge in [0.1, 0.15) is 0 Å². The molecule has 0 saturated carbocycles. The van der Waals surface area contributed by atoms with E-state index >= 15 is 0 Å². The number of carbonyl (C=O) groups is 1. The van der Waals surface area contributed by atoms with Crippen LogP contribution in [0.1, 0.15) is 18.4 Å². The third-order valence-electron chi connectivity index (χ3n) is 6.03. The lowest BCUT2D eigenvalue weighted by Crippen LogP contribution is -2.47. The van der Waals surface area contributed by atoms with Crippen LogP contribution in [0.4, 0.5) is 0 Å². The second kappa shape index (κ2) is 8.30. The molecular formula is C20H30N2O3. The molecule has 3 rings (SSSR count). The second-order valence-electron chi connectivity index (χ2n) is 7.51. The Labute approximate surface area is 150 Å². The molecule has 0 aliphatic carbocycles. The lowest BCUT2D eigenvalue weighted by molar-refractivity contribution is -0.133. The molecule has 2 fully saturated rings. The number of carbonyl (C=O) groups excluding carboxylic acids is 1. The number of piperidine rings is 1. The largest absolute Gasteiger partial charge is 0.396 e. The normalized spacial score (nSPS) is 23.3. The first-order chi connectivity index (χ1) is 12.2. The van der Waals surface area contributed by atoms with Gasteiger partial charge < -0.3 is 19.6 Å². The Balaban J connectivity index is 1.56. The summed E-state index contributed by atoms with van der Waals surface area (Å²) in [5, 5.41) is 9.86. The lowest BCUT2D eigenvalue weighted by atomic mass is 9.71. The summed E-state index contributed by atoms with van der Waals surface area (Å²) in [6.45, 7) is 5.46. The second-order valence-corrected chi connectivity index (χ2v) is 7.51. The van der Waals surface area contributed by atoms with E-state index in [0.29, 0.717) is 12.3 Å². The number of nitrogens with zero attached hydrogens (tertiary/aromatic N) is 2. The van der Waals surface area contributed by atoms with Crippen LogP contribution in [0.3, 0.4) is 0 Å². The van der Waals surface area contributed by atoms with Crippen LogP contribution in [0, 0.1) is 11.3 Å². The summed E-state index contributed by atoms with van der Waals surface area (Å²) in [6.07, 6.45) is 2.46. The molecule has 0 radical (unpaired) electrons. The van der Waals surface area contributed by atoms with Crippen LogP contribution in [-0.4, -0.2) is 73.9 Å². The topological polar surface area (TPSA) is 53.0 Å². The van der Waals surface area contributed by atoms with Crippen molar-refractivity contribution in [1.82, 2.24) is 9.80 Å². The van der Waals surface area contributed by atoms with Crippen molar-refractivity contribution in [2.45, 2.75) is 19.3 Å². The highest BCUT2D eigenvalue weighted by molar-refractivity contribution is 5.78. The van der Waals surface area contributed by atoms with Crippen molar-refractivity contribution in [3.05, 3.63) is 35.9 Å². The van der Waals surface area contributed by atoms with E-state index in [1.54, 1.807) is 7.11 Å². The maximum Gasteiger partial charge on any atom is 0.226 e. The number of amides is 1. The number of methoxy groups -OCH3 is 1. The molecule has 1 atom stereocenters. The highest BCUT2D eigenvalue weighted by Crippen LogP contribution is 2.44. The first kappa shape index (κ1) is 18.4. The van der Waals surface area contributed by atoms with Gasteiger partial charge in [0.25, 0.3) is 0 Å². The Morgan fingerprint density at radius 1 is 1.28 bits per heavy atom. The van der Waals surface area contributed by atoms with E-state index in [-0.39, 0.29) is 17.9 Å². The third-order valence-corrected chi connectivity index (χ3v) is 6.03. The molecule has 25 heavy (non-hydrogen) atoms. The van der Waals surface area contributed by atoms with E-state index in [2.05, 4.69) is 4.90 Å². The van der Waals surface area contributed by atoms with Crippen LogP contribution in [0.15, 0.2) is 30.3 Å². The van der Waals surface area contributed by atoms with Crippen LogP contribution in [0.25, 0.3) is 0 Å². The van der Waals surface area contributed by atoms with Crippen LogP contribution < -0.4 is 0 Å². The van der Waals surface area contributed by atoms with Gasteiger partial charge in [-0.1, -0.05) is 30.3 Å². The molecule has 1 amide bonds. The van der Waals surface area contributed by atoms with Gasteiger partial charge in [0.2, 0.25) is 5.91 Å². The molecule has 1 aromatic rings. The maximum atomic E-state index is 12.6. The fourth-order valence-corrected chi connectivity index (χ4v) is 4.44. The molecule has 2 aliphatic heterocycles. The highest BCUT2D eigenvalue weighted by Gasteiger charge is 2.47. The SMILES string of the molecule is COCCN1CC(CO)C2(CCN(C(=O)Cc3ccccc3)CC2)C1. The molecule has 1 N–H and O–H groups in total. The number of ether oxygens (including phenoxy) is 1. The molecule has 5 nitrogen and oxygen atoms in total. The van der Waals surface area contributed by atoms with E-state index in [9.17, 15) is 9.90 Å². The average Bonchev–Trinajstić information content (AvgIpc) is 2.98. The highest BCUT2D eigenvalue weighted by atomic mass is 16.5. The third kappa shape index (κ3) is 4.22. The molecular weight excluding hydrogens is 316 g/mol. The van der Waals surface area contributed by atoms with Crippen LogP contribution in [0.5, 0.6) is 0 Å². The minimum Gasteiger partial charge on any atom is -0.396 e. The molecule has 1 spiro atoms. The quantitative estimate of drug-likeness (QED) is 0.846. The summed E-state index contributed by atoms with van der Waals surface area (Å²) in [5.74, 6) is 0.534. The Morgan fingerprint density at radius 2 is 2.00 bits per heavy atom. The van der Waals surface area contributed by atoms with E-state index < -0.39 is 0 Å². The van der Waals surface area contributed by atoms with Crippen LogP contribution in [-0.2, 0) is 16.0 Å². The van der Waals surface area contributed by atoms with Crippen molar-refractivity contribution in [2.24, 2.45) is 11.3 Å². The van der Waals surface area contributed by atoms with Crippen molar-refractivity contribution >= 4 is 5.91 Å². The number of aliphatic hydroxyl groups is 1. The van der Waals surface area contributed by atoms with Gasteiger partial charge in [0, 0.05) is 52.4 Å². The Bertz CT molecular complexity index is 555. The van der Waals surface area contributed by atoms with E-state index in [1.807, 2.05) is 35.2 Å². The minimum absolute atomic E-state index is 0.159. The molecule has 2 saturated heterocycles. The van der Waals surface area contributed by atoms with Crippen LogP contribution in [0.2, 0.25) is 0 Å². The minimum atomic E-state index is 0.159. The average molecular weight is 346 g/mol. The van der Waals surface area contributed by atoms with Crippen molar-refractivity contribution < 1.29 is 14.6 Å². The zero-order chi connectivity index (χ0) is 17.7. The number of hydrogen-bond donors (Lipinski definition) is 1. The molecule has 138 valence electrons. The van der Waals surface area contributed by atoms with Gasteiger partial charge in [-0.2, -0.15) is 0 Å². The van der Waals surface area contributed by atoms with Gasteiger partial charge in [0.05, 0.1) is 13.0 Å². The first-order valence-electron chi connectivity index (χ1n) is 9.31. The van der Waals surface area contributed by atoms with E-state index in [4.69, 9.17) is 4.74 Å². The van der Waals surface area contributed by atoms with Gasteiger partial charge in [-0.3, -0.25) is 4.79 Å². The lowest BCUT2D eigenvalue weighted by Gasteiger charge is -2.42. The number of likely N-dealkylation sites (tertiary alicyclic amines) is 2. The number of aliphatic hydroxyl groups excluding tert-OH is 1. The molecule has 5 heteroatoms. The van der Waals surface area contributed by atoms with Gasteiger partial charge in [0.15, 0.2) is 0 Å². The molecule has 0 aromatic heterocycles. The maximum absolute atomic E-state index is 12.6. The van der Waals surface area contributed by atoms with Gasteiger partial charge in [-0.15, -0.1) is 0 Å². The zero-order valence-electron chi connectivity index (χ0n) is 15.2. The predicted molar refractivity (Wildman–Crippen MR) is 97.3 cm³/mol. The smallest absolute Gasteiger partial charge is 0.226 e. The van der Waals surface area contributed by atoms with E-state index in [0.717, 1.165) is 57.7 Å². The summed E-state index contributed by atoms with van der Waals surface area (Å²) in [4.78, 5) is 17.0. The summed E-state index contributed by atoms with van der Waals surface area (Å²) in [7, 11) is 1.73. The van der Waals surface area contributed by atoms with Crippen molar-refractivity contribution in [2.75, 3.05) is 53.0 Å². The number of hydrogen-bond acceptors (Lipinski definition) is 4. The summed E-state index contributed by atoms with van der Waals surface area (Å²) >= 11 is 0. The zero-order valence-corrected chi connectivity index (χ0v) is 15.2. The van der Waals surface area contributed by atoms with Crippen LogP contribution >= 0.6 is 0 Å². The van der Waals surface area contributed by atoms with Crippen molar-refractivity contribution in [3.63, 3.8) is 0 Å². The first-order valence-corrected chi connectivity index (χ1v) is 9.31. The fraction of sp³-hybridized carbons (Fsp3) is 0.650. The Hall–Kier alpha value is -1.43. The predicted octanol–water partition coefficient (Wildman–Crippen LogP) is 1.41. The fourth-order valence-electron chi connectivity index (χ4n) is 4.44. The molecule has 0 bridgehead atoms. The van der Waals surface area contributed by atoms with Gasteiger partial charge in [-0.25, -0.2) is 0 Å². The standard InChI is InChI=1S/C20H30N2O3/c1-25-12-11-21-14-18(15-23)20(16-21)7-9-22(10-8-20)19(24)13-17-5-3-2-4-6-17/h2-6,18,23H,7-16H2,1H3. The monoisotopic (exact) mass is 346 g/mol. The summed E-state index contributed by atoms with van der Waals surface area (Å²) in [6, 6.07) is 9.95.